The zero-order valence-corrected chi connectivity index (χ0v) is 17.2. The predicted octanol–water partition coefficient (Wildman–Crippen LogP) is 5.18. The van der Waals surface area contributed by atoms with Crippen molar-refractivity contribution in [1.29, 1.82) is 0 Å². The van der Waals surface area contributed by atoms with Crippen molar-refractivity contribution in [3.05, 3.63) is 89.5 Å². The molecule has 0 radical (unpaired) electrons. The number of esters is 1. The Labute approximate surface area is 176 Å². The van der Waals surface area contributed by atoms with Gasteiger partial charge in [-0.1, -0.05) is 29.8 Å². The van der Waals surface area contributed by atoms with E-state index in [0.29, 0.717) is 24.3 Å². The molecule has 0 aromatic heterocycles. The molecule has 5 nitrogen and oxygen atoms in total. The van der Waals surface area contributed by atoms with Crippen LogP contribution >= 0.6 is 0 Å². The van der Waals surface area contributed by atoms with Gasteiger partial charge in [-0.05, 0) is 74.4 Å². The van der Waals surface area contributed by atoms with Gasteiger partial charge in [0.1, 0.15) is 11.5 Å². The van der Waals surface area contributed by atoms with Crippen LogP contribution in [-0.2, 0) is 11.2 Å². The molecule has 1 N–H and O–H groups in total. The Morgan fingerprint density at radius 2 is 1.47 bits per heavy atom. The summed E-state index contributed by atoms with van der Waals surface area (Å²) >= 11 is 0. The normalized spacial score (nSPS) is 10.3. The number of carbonyl (C=O) groups excluding carboxylic acids is 2. The maximum Gasteiger partial charge on any atom is 0.311 e. The lowest BCUT2D eigenvalue weighted by molar-refractivity contribution is -0.134. The van der Waals surface area contributed by atoms with Crippen molar-refractivity contribution in [3.63, 3.8) is 0 Å². The van der Waals surface area contributed by atoms with E-state index >= 15 is 0 Å². The van der Waals surface area contributed by atoms with Crippen molar-refractivity contribution < 1.29 is 19.1 Å². The van der Waals surface area contributed by atoms with Gasteiger partial charge < -0.3 is 14.8 Å². The van der Waals surface area contributed by atoms with Gasteiger partial charge in [-0.2, -0.15) is 0 Å². The highest BCUT2D eigenvalue weighted by Gasteiger charge is 2.09. The number of aryl methyl sites for hydroxylation is 2. The Balaban J connectivity index is 1.48. The highest BCUT2D eigenvalue weighted by molar-refractivity contribution is 6.04. The van der Waals surface area contributed by atoms with E-state index in [0.717, 1.165) is 22.6 Å². The molecular formula is C25H25NO4. The van der Waals surface area contributed by atoms with E-state index in [1.165, 1.54) is 0 Å². The molecule has 1 amide bonds. The summed E-state index contributed by atoms with van der Waals surface area (Å²) in [5.74, 6) is 0.696. The summed E-state index contributed by atoms with van der Waals surface area (Å²) in [5, 5.41) is 2.84. The number of benzene rings is 3. The molecule has 0 spiro atoms. The Kier molecular flexibility index (Phi) is 7.22. The van der Waals surface area contributed by atoms with Gasteiger partial charge in [0.15, 0.2) is 0 Å². The van der Waals surface area contributed by atoms with E-state index in [4.69, 9.17) is 9.47 Å². The third kappa shape index (κ3) is 6.21. The Morgan fingerprint density at radius 1 is 0.833 bits per heavy atom. The molecule has 0 saturated heterocycles. The van der Waals surface area contributed by atoms with Gasteiger partial charge in [0.05, 0.1) is 6.61 Å². The number of anilines is 1. The second-order valence-electron chi connectivity index (χ2n) is 6.90. The van der Waals surface area contributed by atoms with Crippen molar-refractivity contribution in [2.75, 3.05) is 11.9 Å². The minimum atomic E-state index is -0.319. The van der Waals surface area contributed by atoms with E-state index in [9.17, 15) is 9.59 Å². The molecule has 154 valence electrons. The van der Waals surface area contributed by atoms with Gasteiger partial charge in [-0.15, -0.1) is 0 Å². The Hall–Kier alpha value is -3.60. The molecule has 0 aliphatic heterocycles. The molecule has 0 fully saturated rings. The summed E-state index contributed by atoms with van der Waals surface area (Å²) in [6.45, 7) is 4.55. The van der Waals surface area contributed by atoms with Gasteiger partial charge >= 0.3 is 5.97 Å². The van der Waals surface area contributed by atoms with E-state index in [1.807, 2.05) is 62.4 Å². The number of hydrogen-bond acceptors (Lipinski definition) is 4. The van der Waals surface area contributed by atoms with E-state index in [-0.39, 0.29) is 18.3 Å². The second-order valence-corrected chi connectivity index (χ2v) is 6.90. The predicted molar refractivity (Wildman–Crippen MR) is 117 cm³/mol. The van der Waals surface area contributed by atoms with Crippen LogP contribution in [0, 0.1) is 6.92 Å². The van der Waals surface area contributed by atoms with E-state index in [2.05, 4.69) is 5.32 Å². The Morgan fingerprint density at radius 3 is 2.10 bits per heavy atom. The highest BCUT2D eigenvalue weighted by Crippen LogP contribution is 2.17. The van der Waals surface area contributed by atoms with Crippen LogP contribution in [0.15, 0.2) is 72.8 Å². The maximum atomic E-state index is 12.3. The minimum absolute atomic E-state index is 0.216. The van der Waals surface area contributed by atoms with Crippen molar-refractivity contribution >= 4 is 17.6 Å². The quantitative estimate of drug-likeness (QED) is 0.416. The first kappa shape index (κ1) is 21.1. The summed E-state index contributed by atoms with van der Waals surface area (Å²) in [7, 11) is 0. The monoisotopic (exact) mass is 403 g/mol. The summed E-state index contributed by atoms with van der Waals surface area (Å²) in [6.07, 6.45) is 0.853. The lowest BCUT2D eigenvalue weighted by Crippen LogP contribution is -2.12. The van der Waals surface area contributed by atoms with Crippen LogP contribution in [0.2, 0.25) is 0 Å². The standard InChI is InChI=1S/C25H25NO4/c1-3-29-22-13-6-19(7-14-22)8-17-24(27)30-23-15-9-20(10-16-23)25(28)26-21-11-4-18(2)5-12-21/h4-7,9-16H,3,8,17H2,1-2H3,(H,26,28). The molecular weight excluding hydrogens is 378 g/mol. The van der Waals surface area contributed by atoms with Crippen LogP contribution < -0.4 is 14.8 Å². The summed E-state index contributed by atoms with van der Waals surface area (Å²) < 4.78 is 10.8. The van der Waals surface area contributed by atoms with Gasteiger partial charge in [0.2, 0.25) is 0 Å². The first-order valence-electron chi connectivity index (χ1n) is 9.94. The average molecular weight is 403 g/mol. The van der Waals surface area contributed by atoms with Crippen LogP contribution in [0.1, 0.15) is 34.8 Å². The van der Waals surface area contributed by atoms with Gasteiger partial charge in [-0.25, -0.2) is 0 Å². The van der Waals surface area contributed by atoms with Crippen LogP contribution in [0.3, 0.4) is 0 Å². The van der Waals surface area contributed by atoms with Gasteiger partial charge in [-0.3, -0.25) is 9.59 Å². The fourth-order valence-corrected chi connectivity index (χ4v) is 2.86. The molecule has 3 aromatic rings. The molecule has 3 rings (SSSR count). The van der Waals surface area contributed by atoms with Crippen LogP contribution in [0.25, 0.3) is 0 Å². The SMILES string of the molecule is CCOc1ccc(CCC(=O)Oc2ccc(C(=O)Nc3ccc(C)cc3)cc2)cc1. The molecule has 3 aromatic carbocycles. The van der Waals surface area contributed by atoms with Crippen LogP contribution in [0.5, 0.6) is 11.5 Å². The number of rotatable bonds is 8. The minimum Gasteiger partial charge on any atom is -0.494 e. The molecule has 0 atom stereocenters. The highest BCUT2D eigenvalue weighted by atomic mass is 16.5. The zero-order valence-electron chi connectivity index (χ0n) is 17.2. The number of carbonyl (C=O) groups is 2. The Bertz CT molecular complexity index is 977. The molecule has 5 heteroatoms. The molecule has 0 saturated carbocycles. The van der Waals surface area contributed by atoms with Gasteiger partial charge in [0, 0.05) is 17.7 Å². The topological polar surface area (TPSA) is 64.6 Å². The van der Waals surface area contributed by atoms with Crippen molar-refractivity contribution in [2.45, 2.75) is 26.7 Å². The first-order chi connectivity index (χ1) is 14.5. The first-order valence-corrected chi connectivity index (χ1v) is 9.94. The molecule has 0 unspecified atom stereocenters. The third-order valence-corrected chi connectivity index (χ3v) is 4.51. The number of nitrogens with one attached hydrogen (secondary N) is 1. The average Bonchev–Trinajstić information content (AvgIpc) is 2.75. The fraction of sp³-hybridized carbons (Fsp3) is 0.200. The van der Waals surface area contributed by atoms with Crippen molar-refractivity contribution in [1.82, 2.24) is 0 Å². The summed E-state index contributed by atoms with van der Waals surface area (Å²) in [4.78, 5) is 24.4. The number of hydrogen-bond donors (Lipinski definition) is 1. The number of ether oxygens (including phenoxy) is 2. The molecule has 0 aliphatic carbocycles. The van der Waals surface area contributed by atoms with Crippen molar-refractivity contribution in [3.8, 4) is 11.5 Å². The second kappa shape index (κ2) is 10.3. The van der Waals surface area contributed by atoms with E-state index < -0.39 is 0 Å². The summed E-state index contributed by atoms with van der Waals surface area (Å²) in [6, 6.07) is 21.8. The molecule has 0 heterocycles. The molecule has 0 bridgehead atoms. The lowest BCUT2D eigenvalue weighted by atomic mass is 10.1. The number of amides is 1. The summed E-state index contributed by atoms with van der Waals surface area (Å²) in [5.41, 5.74) is 3.39. The smallest absolute Gasteiger partial charge is 0.311 e. The lowest BCUT2D eigenvalue weighted by Gasteiger charge is -2.08. The van der Waals surface area contributed by atoms with Crippen LogP contribution in [-0.4, -0.2) is 18.5 Å². The fourth-order valence-electron chi connectivity index (χ4n) is 2.86. The van der Waals surface area contributed by atoms with Crippen molar-refractivity contribution in [2.24, 2.45) is 0 Å². The maximum absolute atomic E-state index is 12.3. The largest absolute Gasteiger partial charge is 0.494 e. The zero-order chi connectivity index (χ0) is 21.3. The molecule has 0 aliphatic rings. The van der Waals surface area contributed by atoms with E-state index in [1.54, 1.807) is 24.3 Å². The third-order valence-electron chi connectivity index (χ3n) is 4.51. The van der Waals surface area contributed by atoms with Gasteiger partial charge in [0.25, 0.3) is 5.91 Å². The van der Waals surface area contributed by atoms with Crippen LogP contribution in [0.4, 0.5) is 5.69 Å². The molecule has 30 heavy (non-hydrogen) atoms.